The lowest BCUT2D eigenvalue weighted by molar-refractivity contribution is 0.177. The summed E-state index contributed by atoms with van der Waals surface area (Å²) in [5.41, 5.74) is 0.852. The van der Waals surface area contributed by atoms with Crippen LogP contribution >= 0.6 is 11.6 Å². The van der Waals surface area contributed by atoms with E-state index >= 15 is 0 Å². The van der Waals surface area contributed by atoms with Gasteiger partial charge in [0.2, 0.25) is 21.7 Å². The van der Waals surface area contributed by atoms with E-state index in [4.69, 9.17) is 16.1 Å². The average Bonchev–Trinajstić information content (AvgIpc) is 2.97. The van der Waals surface area contributed by atoms with Gasteiger partial charge >= 0.3 is 0 Å². The molecule has 1 aromatic carbocycles. The highest BCUT2D eigenvalue weighted by molar-refractivity contribution is 7.88. The first-order valence-electron chi connectivity index (χ1n) is 7.67. The molecule has 1 saturated heterocycles. The van der Waals surface area contributed by atoms with Gasteiger partial charge in [0.15, 0.2) is 0 Å². The maximum Gasteiger partial charge on any atom is 0.241 e. The zero-order valence-electron chi connectivity index (χ0n) is 13.3. The van der Waals surface area contributed by atoms with Gasteiger partial charge in [0.05, 0.1) is 12.8 Å². The van der Waals surface area contributed by atoms with Gasteiger partial charge in [-0.05, 0) is 37.1 Å². The van der Waals surface area contributed by atoms with Crippen molar-refractivity contribution in [1.29, 1.82) is 0 Å². The maximum atomic E-state index is 11.3. The number of benzene rings is 1. The summed E-state index contributed by atoms with van der Waals surface area (Å²) in [6, 6.07) is 7.26. The fourth-order valence-corrected chi connectivity index (χ4v) is 3.71. The number of hydrogen-bond donors (Lipinski definition) is 1. The largest absolute Gasteiger partial charge is 0.338 e. The Morgan fingerprint density at radius 2 is 1.96 bits per heavy atom. The molecule has 2 heterocycles. The molecule has 0 aliphatic carbocycles. The third kappa shape index (κ3) is 4.76. The average molecular weight is 371 g/mol. The van der Waals surface area contributed by atoms with Crippen LogP contribution in [0.4, 0.5) is 0 Å². The zero-order chi connectivity index (χ0) is 17.2. The van der Waals surface area contributed by atoms with Gasteiger partial charge in [0.25, 0.3) is 0 Å². The number of nitrogens with one attached hydrogen (secondary N) is 1. The zero-order valence-corrected chi connectivity index (χ0v) is 14.8. The molecule has 24 heavy (non-hydrogen) atoms. The molecule has 1 aromatic heterocycles. The minimum Gasteiger partial charge on any atom is -0.338 e. The van der Waals surface area contributed by atoms with E-state index in [1.54, 1.807) is 12.1 Å². The van der Waals surface area contributed by atoms with Crippen LogP contribution in [0.5, 0.6) is 0 Å². The van der Waals surface area contributed by atoms with Gasteiger partial charge in [-0.25, -0.2) is 13.1 Å². The van der Waals surface area contributed by atoms with Gasteiger partial charge < -0.3 is 4.52 Å². The number of aromatic nitrogens is 2. The Morgan fingerprint density at radius 1 is 1.29 bits per heavy atom. The van der Waals surface area contributed by atoms with Crippen LogP contribution in [0.2, 0.25) is 5.02 Å². The highest BCUT2D eigenvalue weighted by atomic mass is 35.5. The molecular formula is C15H19ClN4O3S. The maximum absolute atomic E-state index is 11.3. The van der Waals surface area contributed by atoms with Crippen molar-refractivity contribution >= 4 is 21.6 Å². The van der Waals surface area contributed by atoms with Crippen LogP contribution in [0.25, 0.3) is 11.4 Å². The lowest BCUT2D eigenvalue weighted by Crippen LogP contribution is -2.43. The standard InChI is InChI=1S/C15H19ClN4O3S/c1-24(21,22)19-13-6-8-20(9-7-13)10-14-17-15(18-23-14)11-2-4-12(16)5-3-11/h2-5,13,19H,6-10H2,1H3. The number of piperidine rings is 1. The Labute approximate surface area is 146 Å². The Balaban J connectivity index is 1.55. The van der Waals surface area contributed by atoms with Crippen LogP contribution in [0, 0.1) is 0 Å². The minimum absolute atomic E-state index is 0.00330. The summed E-state index contributed by atoms with van der Waals surface area (Å²) in [5.74, 6) is 1.09. The molecule has 0 atom stereocenters. The molecule has 1 aliphatic heterocycles. The molecule has 7 nitrogen and oxygen atoms in total. The van der Waals surface area contributed by atoms with Crippen molar-refractivity contribution < 1.29 is 12.9 Å². The van der Waals surface area contributed by atoms with Gasteiger partial charge in [-0.15, -0.1) is 0 Å². The van der Waals surface area contributed by atoms with Crippen molar-refractivity contribution in [2.45, 2.75) is 25.4 Å². The summed E-state index contributed by atoms with van der Waals surface area (Å²) < 4.78 is 30.5. The van der Waals surface area contributed by atoms with Crippen molar-refractivity contribution in [3.05, 3.63) is 35.2 Å². The summed E-state index contributed by atoms with van der Waals surface area (Å²) in [7, 11) is -3.15. The van der Waals surface area contributed by atoms with Crippen LogP contribution in [0.3, 0.4) is 0 Å². The molecule has 130 valence electrons. The second kappa shape index (κ2) is 7.18. The molecule has 9 heteroatoms. The van der Waals surface area contributed by atoms with E-state index in [0.29, 0.717) is 23.3 Å². The monoisotopic (exact) mass is 370 g/mol. The number of sulfonamides is 1. The molecule has 0 bridgehead atoms. The number of likely N-dealkylation sites (tertiary alicyclic amines) is 1. The molecule has 1 fully saturated rings. The van der Waals surface area contributed by atoms with E-state index in [1.807, 2.05) is 12.1 Å². The normalized spacial score (nSPS) is 17.2. The first kappa shape index (κ1) is 17.3. The highest BCUT2D eigenvalue weighted by Gasteiger charge is 2.23. The first-order chi connectivity index (χ1) is 11.4. The Bertz CT molecular complexity index is 783. The molecule has 0 spiro atoms. The molecule has 0 radical (unpaired) electrons. The van der Waals surface area contributed by atoms with E-state index in [2.05, 4.69) is 19.8 Å². The van der Waals surface area contributed by atoms with Gasteiger partial charge in [-0.1, -0.05) is 16.8 Å². The molecule has 1 N–H and O–H groups in total. The first-order valence-corrected chi connectivity index (χ1v) is 9.94. The predicted octanol–water partition coefficient (Wildman–Crippen LogP) is 1.90. The van der Waals surface area contributed by atoms with Gasteiger partial charge in [0.1, 0.15) is 0 Å². The second-order valence-corrected chi connectivity index (χ2v) is 8.18. The molecule has 2 aromatic rings. The van der Waals surface area contributed by atoms with E-state index in [-0.39, 0.29) is 6.04 Å². The third-order valence-electron chi connectivity index (χ3n) is 3.90. The molecule has 0 saturated carbocycles. The van der Waals surface area contributed by atoms with Crippen LogP contribution in [0.1, 0.15) is 18.7 Å². The number of nitrogens with zero attached hydrogens (tertiary/aromatic N) is 3. The Kier molecular flexibility index (Phi) is 5.19. The van der Waals surface area contributed by atoms with E-state index in [1.165, 1.54) is 6.26 Å². The predicted molar refractivity (Wildman–Crippen MR) is 91.0 cm³/mol. The number of hydrogen-bond acceptors (Lipinski definition) is 6. The summed E-state index contributed by atoms with van der Waals surface area (Å²) >= 11 is 5.87. The van der Waals surface area contributed by atoms with Gasteiger partial charge in [-0.2, -0.15) is 4.98 Å². The van der Waals surface area contributed by atoms with Crippen molar-refractivity contribution in [3.63, 3.8) is 0 Å². The van der Waals surface area contributed by atoms with Crippen molar-refractivity contribution in [2.75, 3.05) is 19.3 Å². The summed E-state index contributed by atoms with van der Waals surface area (Å²) in [5, 5.41) is 4.66. The summed E-state index contributed by atoms with van der Waals surface area (Å²) in [4.78, 5) is 6.59. The topological polar surface area (TPSA) is 88.3 Å². The highest BCUT2D eigenvalue weighted by Crippen LogP contribution is 2.20. The third-order valence-corrected chi connectivity index (χ3v) is 4.91. The van der Waals surface area contributed by atoms with Crippen LogP contribution < -0.4 is 4.72 Å². The summed E-state index contributed by atoms with van der Waals surface area (Å²) in [6.07, 6.45) is 2.73. The molecule has 0 amide bonds. The Hall–Kier alpha value is -1.48. The van der Waals surface area contributed by atoms with Crippen LogP contribution in [-0.2, 0) is 16.6 Å². The fourth-order valence-electron chi connectivity index (χ4n) is 2.74. The molecule has 1 aliphatic rings. The van der Waals surface area contributed by atoms with E-state index in [0.717, 1.165) is 31.5 Å². The molecular weight excluding hydrogens is 352 g/mol. The minimum atomic E-state index is -3.15. The lowest BCUT2D eigenvalue weighted by Gasteiger charge is -2.30. The van der Waals surface area contributed by atoms with Crippen LogP contribution in [0.15, 0.2) is 28.8 Å². The van der Waals surface area contributed by atoms with Crippen molar-refractivity contribution in [1.82, 2.24) is 19.8 Å². The smallest absolute Gasteiger partial charge is 0.241 e. The summed E-state index contributed by atoms with van der Waals surface area (Å²) in [6.45, 7) is 2.13. The molecule has 0 unspecified atom stereocenters. The quantitative estimate of drug-likeness (QED) is 0.864. The van der Waals surface area contributed by atoms with E-state index < -0.39 is 10.0 Å². The number of rotatable bonds is 5. The van der Waals surface area contributed by atoms with E-state index in [9.17, 15) is 8.42 Å². The van der Waals surface area contributed by atoms with Crippen molar-refractivity contribution in [3.8, 4) is 11.4 Å². The van der Waals surface area contributed by atoms with Crippen LogP contribution in [-0.4, -0.2) is 48.8 Å². The fraction of sp³-hybridized carbons (Fsp3) is 0.467. The second-order valence-electron chi connectivity index (χ2n) is 5.96. The van der Waals surface area contributed by atoms with Gasteiger partial charge in [0, 0.05) is 29.7 Å². The van der Waals surface area contributed by atoms with Crippen molar-refractivity contribution in [2.24, 2.45) is 0 Å². The van der Waals surface area contributed by atoms with Gasteiger partial charge in [-0.3, -0.25) is 4.90 Å². The molecule has 3 rings (SSSR count). The Morgan fingerprint density at radius 3 is 2.58 bits per heavy atom. The lowest BCUT2D eigenvalue weighted by atomic mass is 10.1. The SMILES string of the molecule is CS(=O)(=O)NC1CCN(Cc2nc(-c3ccc(Cl)cc3)no2)CC1. The number of halogens is 1.